The molecule has 2 unspecified atom stereocenters. The van der Waals surface area contributed by atoms with Crippen molar-refractivity contribution < 1.29 is 24.2 Å². The van der Waals surface area contributed by atoms with E-state index in [1.165, 1.54) is 0 Å². The van der Waals surface area contributed by atoms with Crippen molar-refractivity contribution in [3.63, 3.8) is 0 Å². The van der Waals surface area contributed by atoms with Crippen LogP contribution >= 0.6 is 0 Å². The quantitative estimate of drug-likeness (QED) is 0.173. The van der Waals surface area contributed by atoms with Gasteiger partial charge in [0, 0.05) is 19.5 Å². The minimum absolute atomic E-state index is 0.103. The molecule has 0 saturated carbocycles. The molecule has 2 atom stereocenters. The van der Waals surface area contributed by atoms with Gasteiger partial charge in [-0.3, -0.25) is 9.59 Å². The number of nitrogens with one attached hydrogen (secondary N) is 2. The van der Waals surface area contributed by atoms with E-state index < -0.39 is 23.8 Å². The summed E-state index contributed by atoms with van der Waals surface area (Å²) < 4.78 is 5.52. The summed E-state index contributed by atoms with van der Waals surface area (Å²) in [6, 6.07) is 12.1. The van der Waals surface area contributed by atoms with Gasteiger partial charge in [-0.15, -0.1) is 0 Å². The number of unbranched alkanes of at least 4 members (excludes halogenated alkanes) is 5. The summed E-state index contributed by atoms with van der Waals surface area (Å²) in [4.78, 5) is 43.0. The fourth-order valence-corrected chi connectivity index (χ4v) is 4.78. The molecule has 0 aliphatic heterocycles. The van der Waals surface area contributed by atoms with Gasteiger partial charge in [-0.1, -0.05) is 88.9 Å². The second-order valence-corrected chi connectivity index (χ2v) is 11.9. The maximum Gasteiger partial charge on any atom is 0.408 e. The van der Waals surface area contributed by atoms with Crippen molar-refractivity contribution in [3.8, 4) is 5.75 Å². The van der Waals surface area contributed by atoms with Crippen molar-refractivity contribution in [2.24, 2.45) is 0 Å². The average molecular weight is 594 g/mol. The van der Waals surface area contributed by atoms with Gasteiger partial charge in [-0.25, -0.2) is 4.79 Å². The third kappa shape index (κ3) is 12.5. The summed E-state index contributed by atoms with van der Waals surface area (Å²) in [5.74, 6) is -0.544. The number of hydrogen-bond donors (Lipinski definition) is 3. The van der Waals surface area contributed by atoms with Crippen LogP contribution in [0.1, 0.15) is 102 Å². The fraction of sp³-hybridized carbons (Fsp3) is 0.514. The first-order valence-corrected chi connectivity index (χ1v) is 15.6. The summed E-state index contributed by atoms with van der Waals surface area (Å²) in [6.07, 6.45) is 7.74. The lowest BCUT2D eigenvalue weighted by Crippen LogP contribution is -2.54. The number of nitrogens with zero attached hydrogens (tertiary/aromatic N) is 1. The van der Waals surface area contributed by atoms with E-state index in [-0.39, 0.29) is 24.0 Å². The number of rotatable bonds is 17. The largest absolute Gasteiger partial charge is 0.508 e. The van der Waals surface area contributed by atoms with E-state index in [2.05, 4.69) is 31.1 Å². The average Bonchev–Trinajstić information content (AvgIpc) is 2.96. The Morgan fingerprint density at radius 1 is 0.977 bits per heavy atom. The van der Waals surface area contributed by atoms with Crippen molar-refractivity contribution >= 4 is 24.0 Å². The molecule has 3 N–H and O–H groups in total. The number of amides is 3. The van der Waals surface area contributed by atoms with Crippen LogP contribution in [0.2, 0.25) is 0 Å². The van der Waals surface area contributed by atoms with Crippen LogP contribution in [-0.4, -0.2) is 52.6 Å². The molecule has 0 aliphatic rings. The molecule has 236 valence electrons. The van der Waals surface area contributed by atoms with Crippen LogP contribution in [0, 0.1) is 0 Å². The predicted octanol–water partition coefficient (Wildman–Crippen LogP) is 6.93. The lowest BCUT2D eigenvalue weighted by Gasteiger charge is -2.35. The summed E-state index contributed by atoms with van der Waals surface area (Å²) >= 11 is 0. The molecule has 0 heterocycles. The molecule has 0 aromatic heterocycles. The maximum absolute atomic E-state index is 14.5. The van der Waals surface area contributed by atoms with Gasteiger partial charge >= 0.3 is 6.09 Å². The minimum Gasteiger partial charge on any atom is -0.508 e. The van der Waals surface area contributed by atoms with Crippen LogP contribution in [-0.2, 0) is 20.7 Å². The summed E-state index contributed by atoms with van der Waals surface area (Å²) in [5, 5.41) is 15.6. The highest BCUT2D eigenvalue weighted by molar-refractivity contribution is 5.92. The molecule has 8 heteroatoms. The Morgan fingerprint density at radius 2 is 1.65 bits per heavy atom. The molecular weight excluding hydrogens is 542 g/mol. The zero-order chi connectivity index (χ0) is 31.8. The van der Waals surface area contributed by atoms with E-state index in [0.717, 1.165) is 49.7 Å². The number of carbonyl (C=O) groups excluding carboxylic acids is 3. The molecule has 3 amide bonds. The Labute approximate surface area is 257 Å². The monoisotopic (exact) mass is 593 g/mol. The van der Waals surface area contributed by atoms with E-state index >= 15 is 0 Å². The minimum atomic E-state index is -1.01. The van der Waals surface area contributed by atoms with E-state index in [1.807, 2.05) is 24.3 Å². The number of carbonyl (C=O) groups is 3. The van der Waals surface area contributed by atoms with Crippen molar-refractivity contribution in [1.82, 2.24) is 15.5 Å². The van der Waals surface area contributed by atoms with E-state index in [9.17, 15) is 19.5 Å². The van der Waals surface area contributed by atoms with Crippen LogP contribution in [0.4, 0.5) is 4.79 Å². The second-order valence-electron chi connectivity index (χ2n) is 11.9. The molecule has 0 radical (unpaired) electrons. The Morgan fingerprint density at radius 3 is 2.28 bits per heavy atom. The Kier molecular flexibility index (Phi) is 14.8. The van der Waals surface area contributed by atoms with Gasteiger partial charge in [-0.05, 0) is 68.5 Å². The van der Waals surface area contributed by atoms with Crippen LogP contribution in [0.5, 0.6) is 5.75 Å². The highest BCUT2D eigenvalue weighted by atomic mass is 16.6. The Hall–Kier alpha value is -3.81. The van der Waals surface area contributed by atoms with Gasteiger partial charge in [-0.2, -0.15) is 0 Å². The lowest BCUT2D eigenvalue weighted by molar-refractivity contribution is -0.142. The summed E-state index contributed by atoms with van der Waals surface area (Å²) in [5.41, 5.74) is 1.50. The molecule has 2 aromatic carbocycles. The van der Waals surface area contributed by atoms with Gasteiger partial charge in [0.2, 0.25) is 11.8 Å². The van der Waals surface area contributed by atoms with Crippen molar-refractivity contribution in [1.29, 1.82) is 0 Å². The zero-order valence-corrected chi connectivity index (χ0v) is 26.7. The summed E-state index contributed by atoms with van der Waals surface area (Å²) in [6.45, 7) is 14.2. The topological polar surface area (TPSA) is 108 Å². The number of phenols is 1. The smallest absolute Gasteiger partial charge is 0.408 e. The third-order valence-electron chi connectivity index (χ3n) is 7.00. The van der Waals surface area contributed by atoms with Crippen LogP contribution < -0.4 is 10.6 Å². The van der Waals surface area contributed by atoms with Gasteiger partial charge in [0.05, 0.1) is 0 Å². The van der Waals surface area contributed by atoms with Crippen LogP contribution in [0.15, 0.2) is 55.1 Å². The van der Waals surface area contributed by atoms with Crippen LogP contribution in [0.3, 0.4) is 0 Å². The van der Waals surface area contributed by atoms with Crippen molar-refractivity contribution in [2.45, 2.75) is 104 Å². The number of hydrogen-bond acceptors (Lipinski definition) is 5. The van der Waals surface area contributed by atoms with Gasteiger partial charge in [0.15, 0.2) is 0 Å². The standard InChI is InChI=1S/C35H51N3O5/c1-7-10-12-13-14-23-38(31(32(40)36-22-11-8-2)28-17-15-16-26(9-3)24-28)33(41)30(37-34(42)43-35(4,5)6)25-27-18-20-29(39)21-19-27/h9,15-21,24,30-31,39H,3,7-8,10-14,22-23,25H2,1-2,4-6H3,(H,36,40)(H,37,42). The molecule has 0 bridgehead atoms. The van der Waals surface area contributed by atoms with Gasteiger partial charge < -0.3 is 25.4 Å². The number of alkyl carbamates (subject to hydrolysis) is 1. The number of benzene rings is 2. The maximum atomic E-state index is 14.5. The molecule has 0 spiro atoms. The first-order valence-electron chi connectivity index (χ1n) is 15.6. The number of phenolic OH excluding ortho intramolecular Hbond substituents is 1. The second kappa shape index (κ2) is 18.0. The summed E-state index contributed by atoms with van der Waals surface area (Å²) in [7, 11) is 0. The van der Waals surface area contributed by atoms with E-state index in [0.29, 0.717) is 25.1 Å². The van der Waals surface area contributed by atoms with Gasteiger partial charge in [0.1, 0.15) is 23.4 Å². The normalized spacial score (nSPS) is 12.6. The molecule has 8 nitrogen and oxygen atoms in total. The van der Waals surface area contributed by atoms with Gasteiger partial charge in [0.25, 0.3) is 0 Å². The van der Waals surface area contributed by atoms with E-state index in [4.69, 9.17) is 4.74 Å². The molecule has 0 fully saturated rings. The van der Waals surface area contributed by atoms with E-state index in [1.54, 1.807) is 56.0 Å². The zero-order valence-electron chi connectivity index (χ0n) is 26.7. The lowest BCUT2D eigenvalue weighted by atomic mass is 9.98. The third-order valence-corrected chi connectivity index (χ3v) is 7.00. The molecular formula is C35H51N3O5. The number of aromatic hydroxyl groups is 1. The number of ether oxygens (including phenoxy) is 1. The molecule has 2 aromatic rings. The van der Waals surface area contributed by atoms with Crippen molar-refractivity contribution in [3.05, 3.63) is 71.8 Å². The highest BCUT2D eigenvalue weighted by Crippen LogP contribution is 2.26. The molecule has 43 heavy (non-hydrogen) atoms. The Bertz CT molecular complexity index is 1170. The first kappa shape index (κ1) is 35.4. The van der Waals surface area contributed by atoms with Crippen molar-refractivity contribution in [2.75, 3.05) is 13.1 Å². The highest BCUT2D eigenvalue weighted by Gasteiger charge is 2.36. The molecule has 2 rings (SSSR count). The SMILES string of the molecule is C=Cc1cccc(C(C(=O)NCCCC)N(CCCCCCC)C(=O)C(Cc2ccc(O)cc2)NC(=O)OC(C)(C)C)c1. The predicted molar refractivity (Wildman–Crippen MR) is 173 cm³/mol. The first-order chi connectivity index (χ1) is 20.5. The molecule has 0 saturated heterocycles. The molecule has 0 aliphatic carbocycles. The Balaban J connectivity index is 2.56. The fourth-order valence-electron chi connectivity index (χ4n) is 4.78. The van der Waals surface area contributed by atoms with Crippen LogP contribution in [0.25, 0.3) is 6.08 Å².